The maximum Gasteiger partial charge on any atom is 0.331 e. The van der Waals surface area contributed by atoms with E-state index in [4.69, 9.17) is 28.4 Å². The highest BCUT2D eigenvalue weighted by Gasteiger charge is 2.54. The van der Waals surface area contributed by atoms with E-state index >= 15 is 0 Å². The third-order valence-corrected chi connectivity index (χ3v) is 4.75. The Kier molecular flexibility index (Phi) is 13.2. The molecule has 1 saturated heterocycles. The van der Waals surface area contributed by atoms with Gasteiger partial charge in [0.1, 0.15) is 12.7 Å². The number of ether oxygens (including phenoxy) is 7. The molecule has 0 aromatic heterocycles. The molecule has 1 aliphatic rings. The predicted molar refractivity (Wildman–Crippen MR) is 118 cm³/mol. The highest BCUT2D eigenvalue weighted by atomic mass is 16.7. The summed E-state index contributed by atoms with van der Waals surface area (Å²) >= 11 is 0. The molecule has 0 aromatic rings. The molecule has 1 fully saturated rings. The van der Waals surface area contributed by atoms with E-state index in [1.54, 1.807) is 6.92 Å². The van der Waals surface area contributed by atoms with Crippen molar-refractivity contribution in [2.75, 3.05) is 13.7 Å². The molecule has 36 heavy (non-hydrogen) atoms. The molecular formula is C23H32O13. The minimum absolute atomic E-state index is 0.0261. The molecule has 202 valence electrons. The second-order valence-corrected chi connectivity index (χ2v) is 7.30. The van der Waals surface area contributed by atoms with Gasteiger partial charge in [-0.05, 0) is 0 Å². The van der Waals surface area contributed by atoms with Crippen LogP contribution in [-0.2, 0) is 61.9 Å². The van der Waals surface area contributed by atoms with E-state index in [9.17, 15) is 28.8 Å². The molecule has 1 rings (SSSR count). The van der Waals surface area contributed by atoms with Gasteiger partial charge < -0.3 is 33.2 Å². The van der Waals surface area contributed by atoms with Crippen LogP contribution in [0.2, 0.25) is 0 Å². The van der Waals surface area contributed by atoms with Gasteiger partial charge in [0.2, 0.25) is 12.4 Å². The van der Waals surface area contributed by atoms with E-state index < -0.39 is 73.1 Å². The van der Waals surface area contributed by atoms with Crippen LogP contribution in [0.1, 0.15) is 53.4 Å². The molecule has 0 unspecified atom stereocenters. The Morgan fingerprint density at radius 1 is 0.639 bits per heavy atom. The molecule has 13 nitrogen and oxygen atoms in total. The molecule has 0 saturated carbocycles. The zero-order valence-corrected chi connectivity index (χ0v) is 20.9. The summed E-state index contributed by atoms with van der Waals surface area (Å²) < 4.78 is 36.7. The van der Waals surface area contributed by atoms with Crippen molar-refractivity contribution in [3.05, 3.63) is 12.2 Å². The normalized spacial score (nSPS) is 23.3. The molecule has 0 radical (unpaired) electrons. The van der Waals surface area contributed by atoms with Gasteiger partial charge in [0, 0.05) is 37.8 Å². The monoisotopic (exact) mass is 516 g/mol. The summed E-state index contributed by atoms with van der Waals surface area (Å²) in [6.07, 6.45) is -6.07. The van der Waals surface area contributed by atoms with E-state index in [0.29, 0.717) is 0 Å². The number of carbonyl (C=O) groups is 6. The Labute approximate surface area is 208 Å². The lowest BCUT2D eigenvalue weighted by Crippen LogP contribution is -2.63. The van der Waals surface area contributed by atoms with Gasteiger partial charge in [-0.15, -0.1) is 0 Å². The Morgan fingerprint density at radius 2 is 1.14 bits per heavy atom. The zero-order chi connectivity index (χ0) is 27.3. The van der Waals surface area contributed by atoms with E-state index in [-0.39, 0.29) is 25.7 Å². The summed E-state index contributed by atoms with van der Waals surface area (Å²) in [6.45, 7) is 5.60. The van der Waals surface area contributed by atoms with Gasteiger partial charge in [-0.1, -0.05) is 27.7 Å². The Hall–Kier alpha value is -3.48. The SMILES string of the molecule is CCC(=O)OC[C@H]1O[C@@H](OC(=O)CC)[C@H](OC(=O)CC)[C@@H](OC(=O)CC)[C@H]1OC(=O)/C=C/C(=O)OC. The molecular weight excluding hydrogens is 484 g/mol. The summed E-state index contributed by atoms with van der Waals surface area (Å²) in [7, 11) is 1.11. The summed E-state index contributed by atoms with van der Waals surface area (Å²) in [4.78, 5) is 72.0. The Bertz CT molecular complexity index is 834. The largest absolute Gasteiger partial charge is 0.466 e. The van der Waals surface area contributed by atoms with Gasteiger partial charge in [0.25, 0.3) is 0 Å². The van der Waals surface area contributed by atoms with Gasteiger partial charge in [-0.3, -0.25) is 19.2 Å². The fourth-order valence-electron chi connectivity index (χ4n) is 2.85. The van der Waals surface area contributed by atoms with Crippen LogP contribution >= 0.6 is 0 Å². The lowest BCUT2D eigenvalue weighted by molar-refractivity contribution is -0.300. The smallest absolute Gasteiger partial charge is 0.331 e. The number of hydrogen-bond acceptors (Lipinski definition) is 13. The molecule has 0 bridgehead atoms. The van der Waals surface area contributed by atoms with Crippen molar-refractivity contribution in [3.63, 3.8) is 0 Å². The molecule has 1 heterocycles. The van der Waals surface area contributed by atoms with Gasteiger partial charge in [-0.2, -0.15) is 0 Å². The standard InChI is InChI=1S/C23H32O13/c1-6-14(24)31-12-13-20(35-19(29)11-10-18(28)30-5)21(33-15(25)7-2)22(34-16(26)8-3)23(32-13)36-17(27)9-4/h10-11,13,20-23H,6-9,12H2,1-5H3/b11-10+/t13-,20+,21+,22-,23+/m1/s1. The summed E-state index contributed by atoms with van der Waals surface area (Å²) in [5.41, 5.74) is 0. The van der Waals surface area contributed by atoms with Crippen LogP contribution < -0.4 is 0 Å². The van der Waals surface area contributed by atoms with E-state index in [2.05, 4.69) is 4.74 Å². The van der Waals surface area contributed by atoms with Crippen LogP contribution in [0.4, 0.5) is 0 Å². The highest BCUT2D eigenvalue weighted by Crippen LogP contribution is 2.30. The van der Waals surface area contributed by atoms with Crippen LogP contribution in [0.25, 0.3) is 0 Å². The maximum atomic E-state index is 12.4. The van der Waals surface area contributed by atoms with Crippen molar-refractivity contribution in [1.29, 1.82) is 0 Å². The molecule has 0 N–H and O–H groups in total. The van der Waals surface area contributed by atoms with Gasteiger partial charge in [-0.25, -0.2) is 9.59 Å². The average molecular weight is 516 g/mol. The third-order valence-electron chi connectivity index (χ3n) is 4.75. The minimum atomic E-state index is -1.58. The number of esters is 6. The van der Waals surface area contributed by atoms with Crippen LogP contribution in [0, 0.1) is 0 Å². The van der Waals surface area contributed by atoms with Crippen molar-refractivity contribution >= 4 is 35.8 Å². The van der Waals surface area contributed by atoms with Crippen molar-refractivity contribution in [2.24, 2.45) is 0 Å². The lowest BCUT2D eigenvalue weighted by Gasteiger charge is -2.43. The first-order valence-corrected chi connectivity index (χ1v) is 11.5. The molecule has 13 heteroatoms. The molecule has 5 atom stereocenters. The first-order chi connectivity index (χ1) is 17.1. The van der Waals surface area contributed by atoms with E-state index in [0.717, 1.165) is 19.3 Å². The average Bonchev–Trinajstić information content (AvgIpc) is 2.88. The van der Waals surface area contributed by atoms with Crippen molar-refractivity contribution in [1.82, 2.24) is 0 Å². The number of rotatable bonds is 12. The van der Waals surface area contributed by atoms with Crippen LogP contribution in [0.5, 0.6) is 0 Å². The van der Waals surface area contributed by atoms with E-state index in [1.165, 1.54) is 20.8 Å². The van der Waals surface area contributed by atoms with Crippen molar-refractivity contribution in [2.45, 2.75) is 84.1 Å². The van der Waals surface area contributed by atoms with Gasteiger partial charge >= 0.3 is 35.8 Å². The van der Waals surface area contributed by atoms with Crippen molar-refractivity contribution in [3.8, 4) is 0 Å². The summed E-state index contributed by atoms with van der Waals surface area (Å²) in [5, 5.41) is 0. The lowest BCUT2D eigenvalue weighted by atomic mass is 9.98. The fraction of sp³-hybridized carbons (Fsp3) is 0.652. The fourth-order valence-corrected chi connectivity index (χ4v) is 2.85. The van der Waals surface area contributed by atoms with Crippen LogP contribution in [-0.4, -0.2) is 80.2 Å². The van der Waals surface area contributed by atoms with Crippen LogP contribution in [0.15, 0.2) is 12.2 Å². The molecule has 0 amide bonds. The highest BCUT2D eigenvalue weighted by molar-refractivity contribution is 5.91. The quantitative estimate of drug-likeness (QED) is 0.204. The van der Waals surface area contributed by atoms with Gasteiger partial charge in [0.15, 0.2) is 12.2 Å². The third kappa shape index (κ3) is 9.64. The van der Waals surface area contributed by atoms with E-state index in [1.807, 2.05) is 0 Å². The first-order valence-electron chi connectivity index (χ1n) is 11.5. The minimum Gasteiger partial charge on any atom is -0.466 e. The summed E-state index contributed by atoms with van der Waals surface area (Å²) in [5.74, 6) is -4.74. The van der Waals surface area contributed by atoms with Crippen LogP contribution in [0.3, 0.4) is 0 Å². The van der Waals surface area contributed by atoms with Crippen molar-refractivity contribution < 1.29 is 61.9 Å². The predicted octanol–water partition coefficient (Wildman–Crippen LogP) is 0.902. The molecule has 0 aliphatic carbocycles. The summed E-state index contributed by atoms with van der Waals surface area (Å²) in [6, 6.07) is 0. The first kappa shape index (κ1) is 30.6. The molecule has 0 aromatic carbocycles. The molecule has 0 spiro atoms. The second-order valence-electron chi connectivity index (χ2n) is 7.30. The maximum absolute atomic E-state index is 12.4. The Morgan fingerprint density at radius 3 is 1.67 bits per heavy atom. The topological polar surface area (TPSA) is 167 Å². The zero-order valence-electron chi connectivity index (χ0n) is 20.9. The number of methoxy groups -OCH3 is 1. The van der Waals surface area contributed by atoms with Gasteiger partial charge in [0.05, 0.1) is 7.11 Å². The molecule has 1 aliphatic heterocycles. The number of hydrogen-bond donors (Lipinski definition) is 0. The number of carbonyl (C=O) groups excluding carboxylic acids is 6. The Balaban J connectivity index is 3.47. The second kappa shape index (κ2) is 15.5.